The van der Waals surface area contributed by atoms with Crippen LogP contribution in [0.5, 0.6) is 0 Å². The Hall–Kier alpha value is -0.680. The number of hydrogen-bond acceptors (Lipinski definition) is 3. The van der Waals surface area contributed by atoms with E-state index < -0.39 is 4.92 Å². The number of nitro groups is 1. The van der Waals surface area contributed by atoms with Gasteiger partial charge in [-0.3, -0.25) is 15.1 Å². The molecule has 0 N–H and O–H groups in total. The number of hydrogen-bond donors (Lipinski definition) is 0. The molecule has 0 saturated carbocycles. The van der Waals surface area contributed by atoms with Crippen molar-refractivity contribution in [2.45, 2.75) is 27.7 Å². The topological polar surface area (TPSA) is 56.0 Å². The highest BCUT2D eigenvalue weighted by Gasteiger charge is 2.14. The van der Waals surface area contributed by atoms with Gasteiger partial charge in [0.1, 0.15) is 11.2 Å². The largest absolute Gasteiger partial charge is 0.307 e. The minimum absolute atomic E-state index is 0.0741. The van der Waals surface area contributed by atoms with Crippen molar-refractivity contribution in [2.75, 3.05) is 0 Å². The van der Waals surface area contributed by atoms with E-state index in [4.69, 9.17) is 11.6 Å². The average Bonchev–Trinajstić information content (AvgIpc) is 2.27. The average molecular weight is 298 g/mol. The van der Waals surface area contributed by atoms with Gasteiger partial charge in [-0.15, -0.1) is 0 Å². The zero-order valence-electron chi connectivity index (χ0n) is 9.12. The smallest absolute Gasteiger partial charge is 0.258 e. The highest BCUT2D eigenvalue weighted by Crippen LogP contribution is 2.29. The Morgan fingerprint density at radius 1 is 1.33 bits per heavy atom. The minimum atomic E-state index is -0.583. The van der Waals surface area contributed by atoms with Crippen molar-refractivity contribution in [1.29, 1.82) is 0 Å². The summed E-state index contributed by atoms with van der Waals surface area (Å²) in [5, 5.41) is 10.3. The van der Waals surface area contributed by atoms with Crippen molar-refractivity contribution in [3.63, 3.8) is 0 Å². The lowest BCUT2D eigenvalue weighted by atomic mass is 10.4. The third kappa shape index (κ3) is 5.69. The van der Waals surface area contributed by atoms with Crippen LogP contribution in [0.4, 0.5) is 5.69 Å². The van der Waals surface area contributed by atoms with Crippen molar-refractivity contribution in [3.05, 3.63) is 32.0 Å². The standard InChI is InChI=1S/C5H2BrClN2O2.2C2H6/c6-3-1-8-2-4(5(3)7)9(10)11;2*1-2/h1-2H;2*1-2H3. The molecular weight excluding hydrogens is 283 g/mol. The van der Waals surface area contributed by atoms with Gasteiger partial charge in [0.15, 0.2) is 0 Å². The highest BCUT2D eigenvalue weighted by atomic mass is 79.9. The third-order valence-corrected chi connectivity index (χ3v) is 2.24. The van der Waals surface area contributed by atoms with Gasteiger partial charge >= 0.3 is 5.69 Å². The summed E-state index contributed by atoms with van der Waals surface area (Å²) < 4.78 is 0.424. The van der Waals surface area contributed by atoms with Crippen LogP contribution in [0.1, 0.15) is 27.7 Å². The number of rotatable bonds is 1. The minimum Gasteiger partial charge on any atom is -0.258 e. The molecule has 0 spiro atoms. The molecule has 0 aliphatic heterocycles. The van der Waals surface area contributed by atoms with Crippen molar-refractivity contribution < 1.29 is 4.92 Å². The zero-order chi connectivity index (χ0) is 12.4. The van der Waals surface area contributed by atoms with Crippen LogP contribution >= 0.6 is 27.5 Å². The van der Waals surface area contributed by atoms with Crippen LogP contribution in [0, 0.1) is 10.1 Å². The predicted octanol–water partition coefficient (Wildman–Crippen LogP) is 4.46. The molecule has 4 nitrogen and oxygen atoms in total. The van der Waals surface area contributed by atoms with E-state index in [1.165, 1.54) is 6.20 Å². The molecular formula is C9H14BrClN2O2. The molecule has 86 valence electrons. The fourth-order valence-corrected chi connectivity index (χ4v) is 1.02. The van der Waals surface area contributed by atoms with Crippen LogP contribution in [-0.2, 0) is 0 Å². The van der Waals surface area contributed by atoms with E-state index in [0.717, 1.165) is 6.20 Å². The van der Waals surface area contributed by atoms with Gasteiger partial charge in [-0.05, 0) is 15.9 Å². The predicted molar refractivity (Wildman–Crippen MR) is 66.3 cm³/mol. The lowest BCUT2D eigenvalue weighted by Gasteiger charge is -1.94. The molecule has 0 aliphatic carbocycles. The number of aromatic nitrogens is 1. The molecule has 0 aromatic carbocycles. The van der Waals surface area contributed by atoms with E-state index in [9.17, 15) is 10.1 Å². The van der Waals surface area contributed by atoms with Gasteiger partial charge in [0.2, 0.25) is 0 Å². The number of pyridine rings is 1. The van der Waals surface area contributed by atoms with Gasteiger partial charge in [0.25, 0.3) is 0 Å². The lowest BCUT2D eigenvalue weighted by molar-refractivity contribution is -0.385. The van der Waals surface area contributed by atoms with E-state index in [0.29, 0.717) is 4.47 Å². The second-order valence-electron chi connectivity index (χ2n) is 1.71. The molecule has 1 aromatic heterocycles. The molecule has 0 radical (unpaired) electrons. The number of halogens is 2. The zero-order valence-corrected chi connectivity index (χ0v) is 11.5. The quantitative estimate of drug-likeness (QED) is 0.568. The van der Waals surface area contributed by atoms with Crippen molar-refractivity contribution in [2.24, 2.45) is 0 Å². The maximum Gasteiger partial charge on any atom is 0.307 e. The van der Waals surface area contributed by atoms with E-state index in [2.05, 4.69) is 20.9 Å². The monoisotopic (exact) mass is 296 g/mol. The Balaban J connectivity index is 0. The SMILES string of the molecule is CC.CC.O=[N+]([O-])c1cncc(Br)c1Cl. The van der Waals surface area contributed by atoms with Crippen LogP contribution in [0.15, 0.2) is 16.9 Å². The summed E-state index contributed by atoms with van der Waals surface area (Å²) in [6, 6.07) is 0. The summed E-state index contributed by atoms with van der Waals surface area (Å²) in [6.45, 7) is 8.00. The fourth-order valence-electron chi connectivity index (χ4n) is 0.536. The Morgan fingerprint density at radius 2 is 1.80 bits per heavy atom. The van der Waals surface area contributed by atoms with Gasteiger partial charge < -0.3 is 0 Å². The molecule has 6 heteroatoms. The van der Waals surface area contributed by atoms with Crippen LogP contribution in [-0.4, -0.2) is 9.91 Å². The molecule has 0 atom stereocenters. The molecule has 1 heterocycles. The van der Waals surface area contributed by atoms with Gasteiger partial charge in [0, 0.05) is 6.20 Å². The van der Waals surface area contributed by atoms with Crippen LogP contribution in [0.25, 0.3) is 0 Å². The Bertz CT molecular complexity index is 308. The van der Waals surface area contributed by atoms with E-state index >= 15 is 0 Å². The molecule has 1 rings (SSSR count). The maximum atomic E-state index is 10.2. The summed E-state index contributed by atoms with van der Waals surface area (Å²) in [5.41, 5.74) is -0.193. The molecule has 0 bridgehead atoms. The highest BCUT2D eigenvalue weighted by molar-refractivity contribution is 9.10. The van der Waals surface area contributed by atoms with Crippen LogP contribution < -0.4 is 0 Å². The normalized spacial score (nSPS) is 7.87. The van der Waals surface area contributed by atoms with Crippen LogP contribution in [0.2, 0.25) is 5.02 Å². The molecule has 0 saturated heterocycles. The first-order valence-corrected chi connectivity index (χ1v) is 5.73. The summed E-state index contributed by atoms with van der Waals surface area (Å²) in [4.78, 5) is 13.2. The summed E-state index contributed by atoms with van der Waals surface area (Å²) >= 11 is 8.58. The Labute approximate surface area is 103 Å². The van der Waals surface area contributed by atoms with E-state index in [-0.39, 0.29) is 10.7 Å². The molecule has 0 unspecified atom stereocenters. The maximum absolute atomic E-state index is 10.2. The Kier molecular flexibility index (Phi) is 11.0. The van der Waals surface area contributed by atoms with Gasteiger partial charge in [0.05, 0.1) is 9.40 Å². The summed E-state index contributed by atoms with van der Waals surface area (Å²) in [5.74, 6) is 0. The molecule has 1 aromatic rings. The van der Waals surface area contributed by atoms with Crippen molar-refractivity contribution >= 4 is 33.2 Å². The first kappa shape index (κ1) is 16.7. The molecule has 0 fully saturated rings. The third-order valence-electron chi connectivity index (χ3n) is 1.02. The summed E-state index contributed by atoms with van der Waals surface area (Å²) in [6.07, 6.45) is 2.50. The van der Waals surface area contributed by atoms with E-state index in [1.807, 2.05) is 27.7 Å². The first-order valence-electron chi connectivity index (χ1n) is 4.56. The summed E-state index contributed by atoms with van der Waals surface area (Å²) in [7, 11) is 0. The van der Waals surface area contributed by atoms with Crippen molar-refractivity contribution in [1.82, 2.24) is 4.98 Å². The Morgan fingerprint density at radius 3 is 2.13 bits per heavy atom. The van der Waals surface area contributed by atoms with Crippen LogP contribution in [0.3, 0.4) is 0 Å². The fraction of sp³-hybridized carbons (Fsp3) is 0.444. The number of nitrogens with zero attached hydrogens (tertiary/aromatic N) is 2. The molecule has 15 heavy (non-hydrogen) atoms. The second kappa shape index (κ2) is 9.86. The van der Waals surface area contributed by atoms with Crippen molar-refractivity contribution in [3.8, 4) is 0 Å². The van der Waals surface area contributed by atoms with Gasteiger partial charge in [-0.1, -0.05) is 39.3 Å². The first-order chi connectivity index (χ1) is 7.13. The molecule has 0 aliphatic rings. The van der Waals surface area contributed by atoms with Gasteiger partial charge in [-0.25, -0.2) is 0 Å². The van der Waals surface area contributed by atoms with E-state index in [1.54, 1.807) is 0 Å². The second-order valence-corrected chi connectivity index (χ2v) is 2.94. The van der Waals surface area contributed by atoms with Gasteiger partial charge in [-0.2, -0.15) is 0 Å². The lowest BCUT2D eigenvalue weighted by Crippen LogP contribution is -1.90. The molecule has 0 amide bonds.